The first-order valence-electron chi connectivity index (χ1n) is 5.55. The van der Waals surface area contributed by atoms with Crippen LogP contribution in [0.15, 0.2) is 18.7 Å². The second-order valence-electron chi connectivity index (χ2n) is 4.21. The molecule has 2 rings (SSSR count). The van der Waals surface area contributed by atoms with Gasteiger partial charge in [0.1, 0.15) is 0 Å². The standard InChI is InChI=1S/C10H17N3O2S/c14-16(15)7-1-2-10(8-16)12-4-6-13-5-3-11-9-13/h3,5,9-10,12H,1-2,4,6-8H2. The minimum Gasteiger partial charge on any atom is -0.336 e. The number of rotatable bonds is 4. The van der Waals surface area contributed by atoms with E-state index in [1.165, 1.54) is 0 Å². The van der Waals surface area contributed by atoms with Crippen molar-refractivity contribution in [3.63, 3.8) is 0 Å². The Balaban J connectivity index is 1.74. The van der Waals surface area contributed by atoms with Gasteiger partial charge in [-0.3, -0.25) is 0 Å². The van der Waals surface area contributed by atoms with Gasteiger partial charge in [-0.2, -0.15) is 0 Å². The Morgan fingerprint density at radius 2 is 2.38 bits per heavy atom. The molecule has 0 aromatic carbocycles. The fraction of sp³-hybridized carbons (Fsp3) is 0.700. The quantitative estimate of drug-likeness (QED) is 0.811. The molecule has 5 nitrogen and oxygen atoms in total. The van der Waals surface area contributed by atoms with Crippen LogP contribution in [0.4, 0.5) is 0 Å². The number of imidazole rings is 1. The molecule has 90 valence electrons. The molecule has 6 heteroatoms. The van der Waals surface area contributed by atoms with Gasteiger partial charge in [-0.25, -0.2) is 13.4 Å². The van der Waals surface area contributed by atoms with Crippen molar-refractivity contribution in [3.8, 4) is 0 Å². The maximum atomic E-state index is 11.4. The lowest BCUT2D eigenvalue weighted by Gasteiger charge is -2.23. The van der Waals surface area contributed by atoms with Crippen LogP contribution < -0.4 is 5.32 Å². The molecule has 0 amide bonds. The maximum absolute atomic E-state index is 11.4. The van der Waals surface area contributed by atoms with Crippen molar-refractivity contribution in [3.05, 3.63) is 18.7 Å². The van der Waals surface area contributed by atoms with E-state index in [1.807, 2.05) is 10.8 Å². The predicted octanol–water partition coefficient (Wildman–Crippen LogP) is 0.0499. The van der Waals surface area contributed by atoms with Crippen LogP contribution in [0.1, 0.15) is 12.8 Å². The zero-order chi connectivity index (χ0) is 11.4. The smallest absolute Gasteiger partial charge is 0.151 e. The van der Waals surface area contributed by atoms with Crippen LogP contribution in [0.3, 0.4) is 0 Å². The fourth-order valence-corrected chi connectivity index (χ4v) is 3.67. The molecule has 1 aliphatic heterocycles. The molecule has 0 bridgehead atoms. The zero-order valence-electron chi connectivity index (χ0n) is 9.17. The minimum absolute atomic E-state index is 0.127. The summed E-state index contributed by atoms with van der Waals surface area (Å²) in [6.07, 6.45) is 7.15. The molecule has 2 heterocycles. The van der Waals surface area contributed by atoms with Crippen molar-refractivity contribution in [1.29, 1.82) is 0 Å². The van der Waals surface area contributed by atoms with E-state index < -0.39 is 9.84 Å². The molecule has 0 radical (unpaired) electrons. The van der Waals surface area contributed by atoms with Crippen LogP contribution in [0.25, 0.3) is 0 Å². The molecule has 1 fully saturated rings. The Morgan fingerprint density at radius 3 is 3.06 bits per heavy atom. The number of nitrogens with zero attached hydrogens (tertiary/aromatic N) is 2. The van der Waals surface area contributed by atoms with E-state index in [-0.39, 0.29) is 11.8 Å². The summed E-state index contributed by atoms with van der Waals surface area (Å²) in [7, 11) is -2.80. The molecule has 1 aliphatic rings. The summed E-state index contributed by atoms with van der Waals surface area (Å²) < 4.78 is 24.8. The maximum Gasteiger partial charge on any atom is 0.151 e. The third-order valence-electron chi connectivity index (χ3n) is 2.83. The van der Waals surface area contributed by atoms with Crippen molar-refractivity contribution in [2.45, 2.75) is 25.4 Å². The Hall–Kier alpha value is -0.880. The summed E-state index contributed by atoms with van der Waals surface area (Å²) >= 11 is 0. The largest absolute Gasteiger partial charge is 0.336 e. The molecule has 1 N–H and O–H groups in total. The van der Waals surface area contributed by atoms with Crippen molar-refractivity contribution < 1.29 is 8.42 Å². The van der Waals surface area contributed by atoms with Gasteiger partial charge in [0.2, 0.25) is 0 Å². The number of sulfone groups is 1. The lowest BCUT2D eigenvalue weighted by Crippen LogP contribution is -2.41. The lowest BCUT2D eigenvalue weighted by atomic mass is 10.2. The molecule has 1 aromatic rings. The molecule has 0 spiro atoms. The molecule has 0 aliphatic carbocycles. The van der Waals surface area contributed by atoms with E-state index in [0.29, 0.717) is 5.75 Å². The van der Waals surface area contributed by atoms with Crippen LogP contribution in [-0.4, -0.2) is 42.1 Å². The van der Waals surface area contributed by atoms with Crippen LogP contribution in [0, 0.1) is 0 Å². The van der Waals surface area contributed by atoms with E-state index in [0.717, 1.165) is 25.9 Å². The van der Waals surface area contributed by atoms with Crippen molar-refractivity contribution in [2.75, 3.05) is 18.1 Å². The Labute approximate surface area is 95.8 Å². The van der Waals surface area contributed by atoms with Crippen LogP contribution >= 0.6 is 0 Å². The van der Waals surface area contributed by atoms with E-state index in [9.17, 15) is 8.42 Å². The summed E-state index contributed by atoms with van der Waals surface area (Å²) in [5.74, 6) is 0.642. The highest BCUT2D eigenvalue weighted by atomic mass is 32.2. The molecule has 16 heavy (non-hydrogen) atoms. The van der Waals surface area contributed by atoms with E-state index >= 15 is 0 Å². The van der Waals surface area contributed by atoms with Gasteiger partial charge in [0, 0.05) is 31.5 Å². The van der Waals surface area contributed by atoms with Crippen molar-refractivity contribution in [2.24, 2.45) is 0 Å². The monoisotopic (exact) mass is 243 g/mol. The van der Waals surface area contributed by atoms with Gasteiger partial charge in [-0.15, -0.1) is 0 Å². The minimum atomic E-state index is -2.80. The molecule has 1 unspecified atom stereocenters. The third-order valence-corrected chi connectivity index (χ3v) is 4.65. The van der Waals surface area contributed by atoms with Crippen LogP contribution in [0.2, 0.25) is 0 Å². The normalized spacial score (nSPS) is 24.4. The summed E-state index contributed by atoms with van der Waals surface area (Å²) in [5, 5.41) is 3.29. The second-order valence-corrected chi connectivity index (χ2v) is 6.44. The average molecular weight is 243 g/mol. The lowest BCUT2D eigenvalue weighted by molar-refractivity contribution is 0.466. The van der Waals surface area contributed by atoms with Crippen LogP contribution in [-0.2, 0) is 16.4 Å². The molecular weight excluding hydrogens is 226 g/mol. The van der Waals surface area contributed by atoms with Gasteiger partial charge in [0.25, 0.3) is 0 Å². The van der Waals surface area contributed by atoms with Crippen molar-refractivity contribution >= 4 is 9.84 Å². The number of hydrogen-bond donors (Lipinski definition) is 1. The highest BCUT2D eigenvalue weighted by Gasteiger charge is 2.23. The van der Waals surface area contributed by atoms with Crippen molar-refractivity contribution in [1.82, 2.24) is 14.9 Å². The van der Waals surface area contributed by atoms with Crippen LogP contribution in [0.5, 0.6) is 0 Å². The van der Waals surface area contributed by atoms with Gasteiger partial charge < -0.3 is 9.88 Å². The summed E-state index contributed by atoms with van der Waals surface area (Å²) in [5.41, 5.74) is 0. The zero-order valence-corrected chi connectivity index (χ0v) is 9.99. The van der Waals surface area contributed by atoms with Gasteiger partial charge in [-0.05, 0) is 12.8 Å². The van der Waals surface area contributed by atoms with E-state index in [2.05, 4.69) is 10.3 Å². The summed E-state index contributed by atoms with van der Waals surface area (Å²) in [6, 6.07) is 0.127. The highest BCUT2D eigenvalue weighted by molar-refractivity contribution is 7.91. The SMILES string of the molecule is O=S1(=O)CCCC(NCCn2ccnc2)C1. The number of aromatic nitrogens is 2. The summed E-state index contributed by atoms with van der Waals surface area (Å²) in [6.45, 7) is 1.62. The Kier molecular flexibility index (Phi) is 3.60. The molecular formula is C10H17N3O2S. The van der Waals surface area contributed by atoms with E-state index in [1.54, 1.807) is 12.5 Å². The first kappa shape index (κ1) is 11.6. The Morgan fingerprint density at radius 1 is 1.50 bits per heavy atom. The van der Waals surface area contributed by atoms with Gasteiger partial charge in [-0.1, -0.05) is 0 Å². The predicted molar refractivity (Wildman–Crippen MR) is 61.9 cm³/mol. The fourth-order valence-electron chi connectivity index (χ4n) is 2.00. The molecule has 0 saturated carbocycles. The molecule has 1 saturated heterocycles. The van der Waals surface area contributed by atoms with E-state index in [4.69, 9.17) is 0 Å². The third kappa shape index (κ3) is 3.31. The topological polar surface area (TPSA) is 64.0 Å². The first-order chi connectivity index (χ1) is 7.66. The summed E-state index contributed by atoms with van der Waals surface area (Å²) in [4.78, 5) is 3.95. The highest BCUT2D eigenvalue weighted by Crippen LogP contribution is 2.11. The van der Waals surface area contributed by atoms with Gasteiger partial charge in [0.05, 0.1) is 17.8 Å². The first-order valence-corrected chi connectivity index (χ1v) is 7.37. The van der Waals surface area contributed by atoms with Gasteiger partial charge >= 0.3 is 0 Å². The van der Waals surface area contributed by atoms with Gasteiger partial charge in [0.15, 0.2) is 9.84 Å². The molecule has 1 atom stereocenters. The second kappa shape index (κ2) is 4.97. The average Bonchev–Trinajstić information content (AvgIpc) is 2.69. The number of nitrogens with one attached hydrogen (secondary N) is 1. The number of hydrogen-bond acceptors (Lipinski definition) is 4. The molecule has 1 aromatic heterocycles. The Bertz CT molecular complexity index is 413.